The number of nitriles is 1. The summed E-state index contributed by atoms with van der Waals surface area (Å²) >= 11 is 0. The largest absolute Gasteiger partial charge is 0.469 e. The number of esters is 1. The molecule has 116 valence electrons. The van der Waals surface area contributed by atoms with E-state index in [-0.39, 0.29) is 12.5 Å². The van der Waals surface area contributed by atoms with Crippen LogP contribution in [0.2, 0.25) is 0 Å². The van der Waals surface area contributed by atoms with E-state index < -0.39 is 11.4 Å². The molecule has 0 aliphatic heterocycles. The lowest BCUT2D eigenvalue weighted by Crippen LogP contribution is -2.19. The number of carbonyl (C=O) groups is 1. The van der Waals surface area contributed by atoms with Crippen LogP contribution in [0.3, 0.4) is 0 Å². The van der Waals surface area contributed by atoms with Gasteiger partial charge in [0.25, 0.3) is 0 Å². The molecule has 2 atom stereocenters. The first-order valence-electron chi connectivity index (χ1n) is 7.49. The van der Waals surface area contributed by atoms with Crippen molar-refractivity contribution in [2.24, 2.45) is 11.3 Å². The second kappa shape index (κ2) is 6.13. The minimum atomic E-state index is -1.03. The van der Waals surface area contributed by atoms with Crippen LogP contribution in [0, 0.1) is 22.7 Å². The normalized spacial score (nSPS) is 22.1. The van der Waals surface area contributed by atoms with E-state index in [4.69, 9.17) is 9.15 Å². The Labute approximate surface area is 135 Å². The third-order valence-electron chi connectivity index (χ3n) is 4.16. The summed E-state index contributed by atoms with van der Waals surface area (Å²) in [5.74, 6) is 0.237. The molecule has 1 aliphatic rings. The van der Waals surface area contributed by atoms with E-state index in [9.17, 15) is 10.1 Å². The van der Waals surface area contributed by atoms with Crippen LogP contribution in [0.1, 0.15) is 23.3 Å². The van der Waals surface area contributed by atoms with Crippen molar-refractivity contribution in [2.45, 2.75) is 19.4 Å². The van der Waals surface area contributed by atoms with Gasteiger partial charge in [0.2, 0.25) is 0 Å². The lowest BCUT2D eigenvalue weighted by Gasteiger charge is -2.07. The summed E-state index contributed by atoms with van der Waals surface area (Å²) in [4.78, 5) is 12.1. The third-order valence-corrected chi connectivity index (χ3v) is 4.16. The van der Waals surface area contributed by atoms with Gasteiger partial charge in [0.05, 0.1) is 12.3 Å². The molecule has 0 radical (unpaired) electrons. The van der Waals surface area contributed by atoms with Crippen LogP contribution in [0.25, 0.3) is 0 Å². The highest BCUT2D eigenvalue weighted by Crippen LogP contribution is 2.53. The minimum absolute atomic E-state index is 0.0991. The van der Waals surface area contributed by atoms with Gasteiger partial charge in [-0.3, -0.25) is 4.79 Å². The summed E-state index contributed by atoms with van der Waals surface area (Å²) in [6.07, 6.45) is 4.41. The molecular weight excluding hydrogens is 290 g/mol. The molecule has 2 unspecified atom stereocenters. The Morgan fingerprint density at radius 3 is 2.87 bits per heavy atom. The van der Waals surface area contributed by atoms with Gasteiger partial charge in [-0.25, -0.2) is 0 Å². The molecule has 4 nitrogen and oxygen atoms in total. The molecule has 23 heavy (non-hydrogen) atoms. The van der Waals surface area contributed by atoms with Crippen molar-refractivity contribution >= 4 is 5.97 Å². The molecule has 1 fully saturated rings. The van der Waals surface area contributed by atoms with Gasteiger partial charge in [0, 0.05) is 17.9 Å². The summed E-state index contributed by atoms with van der Waals surface area (Å²) in [5, 5.41) is 9.18. The smallest absolute Gasteiger partial charge is 0.327 e. The standard InChI is InChI=1S/C19H17NO3/c1-2-16-10-19(16,13-20)18(21)23-12-15-9-17(22-11-15)8-14-6-4-3-5-7-14/h2-7,9,11,16H,1,8,10,12H2. The number of allylic oxidation sites excluding steroid dienone is 1. The molecule has 0 spiro atoms. The lowest BCUT2D eigenvalue weighted by molar-refractivity contribution is -0.149. The van der Waals surface area contributed by atoms with Crippen molar-refractivity contribution < 1.29 is 13.9 Å². The Morgan fingerprint density at radius 2 is 2.22 bits per heavy atom. The highest BCUT2D eigenvalue weighted by Gasteiger charge is 2.61. The molecule has 1 saturated carbocycles. The summed E-state index contributed by atoms with van der Waals surface area (Å²) < 4.78 is 10.8. The van der Waals surface area contributed by atoms with Gasteiger partial charge in [-0.2, -0.15) is 5.26 Å². The van der Waals surface area contributed by atoms with Crippen molar-refractivity contribution in [3.8, 4) is 6.07 Å². The van der Waals surface area contributed by atoms with Gasteiger partial charge < -0.3 is 9.15 Å². The van der Waals surface area contributed by atoms with Crippen LogP contribution in [-0.2, 0) is 22.6 Å². The summed E-state index contributed by atoms with van der Waals surface area (Å²) in [5.41, 5.74) is 0.909. The SMILES string of the molecule is C=CC1CC1(C#N)C(=O)OCc1coc(Cc2ccccc2)c1. The van der Waals surface area contributed by atoms with Gasteiger partial charge in [-0.15, -0.1) is 6.58 Å². The summed E-state index contributed by atoms with van der Waals surface area (Å²) in [6, 6.07) is 13.9. The van der Waals surface area contributed by atoms with E-state index >= 15 is 0 Å². The van der Waals surface area contributed by atoms with Crippen LogP contribution in [0.15, 0.2) is 59.7 Å². The molecule has 0 amide bonds. The quantitative estimate of drug-likeness (QED) is 0.604. The average molecular weight is 307 g/mol. The molecule has 1 heterocycles. The van der Waals surface area contributed by atoms with E-state index in [0.29, 0.717) is 12.8 Å². The second-order valence-corrected chi connectivity index (χ2v) is 5.79. The fourth-order valence-corrected chi connectivity index (χ4v) is 2.65. The predicted octanol–water partition coefficient (Wildman–Crippen LogP) is 3.63. The topological polar surface area (TPSA) is 63.2 Å². The lowest BCUT2D eigenvalue weighted by atomic mass is 10.1. The molecular formula is C19H17NO3. The molecule has 3 rings (SSSR count). The molecule has 2 aromatic rings. The molecule has 0 N–H and O–H groups in total. The van der Waals surface area contributed by atoms with Crippen LogP contribution < -0.4 is 0 Å². The van der Waals surface area contributed by atoms with E-state index in [0.717, 1.165) is 16.9 Å². The number of furan rings is 1. The Hall–Kier alpha value is -2.80. The first-order chi connectivity index (χ1) is 11.2. The Bertz CT molecular complexity index is 756. The Kier molecular flexibility index (Phi) is 4.03. The predicted molar refractivity (Wildman–Crippen MR) is 84.1 cm³/mol. The highest BCUT2D eigenvalue weighted by molar-refractivity contribution is 5.84. The van der Waals surface area contributed by atoms with Gasteiger partial charge in [0.1, 0.15) is 12.4 Å². The number of hydrogen-bond donors (Lipinski definition) is 0. The molecule has 0 saturated heterocycles. The van der Waals surface area contributed by atoms with Crippen molar-refractivity contribution in [3.05, 3.63) is 72.2 Å². The van der Waals surface area contributed by atoms with E-state index in [1.54, 1.807) is 12.3 Å². The fraction of sp³-hybridized carbons (Fsp3) is 0.263. The molecule has 1 aromatic heterocycles. The van der Waals surface area contributed by atoms with Crippen LogP contribution in [0.5, 0.6) is 0 Å². The maximum atomic E-state index is 12.1. The van der Waals surface area contributed by atoms with Gasteiger partial charge >= 0.3 is 5.97 Å². The fourth-order valence-electron chi connectivity index (χ4n) is 2.65. The van der Waals surface area contributed by atoms with Crippen molar-refractivity contribution in [1.29, 1.82) is 5.26 Å². The molecule has 1 aromatic carbocycles. The van der Waals surface area contributed by atoms with E-state index in [2.05, 4.69) is 12.6 Å². The monoisotopic (exact) mass is 307 g/mol. The number of nitrogens with zero attached hydrogens (tertiary/aromatic N) is 1. The number of rotatable bonds is 6. The maximum absolute atomic E-state index is 12.1. The molecule has 0 bridgehead atoms. The van der Waals surface area contributed by atoms with Crippen LogP contribution in [-0.4, -0.2) is 5.97 Å². The number of hydrogen-bond acceptors (Lipinski definition) is 4. The first kappa shape index (κ1) is 15.1. The second-order valence-electron chi connectivity index (χ2n) is 5.79. The Balaban J connectivity index is 1.57. The third kappa shape index (κ3) is 3.04. The summed E-state index contributed by atoms with van der Waals surface area (Å²) in [6.45, 7) is 3.75. The Morgan fingerprint density at radius 1 is 1.43 bits per heavy atom. The average Bonchev–Trinajstić information content (AvgIpc) is 3.17. The zero-order valence-electron chi connectivity index (χ0n) is 12.7. The first-order valence-corrected chi connectivity index (χ1v) is 7.49. The molecule has 1 aliphatic carbocycles. The minimum Gasteiger partial charge on any atom is -0.469 e. The number of carbonyl (C=O) groups excluding carboxylic acids is 1. The summed E-state index contributed by atoms with van der Waals surface area (Å²) in [7, 11) is 0. The number of ether oxygens (including phenoxy) is 1. The van der Waals surface area contributed by atoms with Gasteiger partial charge in [0.15, 0.2) is 5.41 Å². The van der Waals surface area contributed by atoms with Crippen molar-refractivity contribution in [2.75, 3.05) is 0 Å². The van der Waals surface area contributed by atoms with Gasteiger partial charge in [-0.05, 0) is 18.1 Å². The van der Waals surface area contributed by atoms with Gasteiger partial charge in [-0.1, -0.05) is 36.4 Å². The van der Waals surface area contributed by atoms with Crippen LogP contribution >= 0.6 is 0 Å². The zero-order valence-corrected chi connectivity index (χ0v) is 12.7. The molecule has 4 heteroatoms. The number of benzene rings is 1. The van der Waals surface area contributed by atoms with E-state index in [1.807, 2.05) is 36.4 Å². The van der Waals surface area contributed by atoms with Crippen LogP contribution in [0.4, 0.5) is 0 Å². The van der Waals surface area contributed by atoms with Crippen molar-refractivity contribution in [1.82, 2.24) is 0 Å². The van der Waals surface area contributed by atoms with Crippen molar-refractivity contribution in [3.63, 3.8) is 0 Å². The maximum Gasteiger partial charge on any atom is 0.327 e. The highest BCUT2D eigenvalue weighted by atomic mass is 16.5. The zero-order chi connectivity index (χ0) is 16.3. The van der Waals surface area contributed by atoms with E-state index in [1.165, 1.54) is 0 Å².